The summed E-state index contributed by atoms with van der Waals surface area (Å²) in [6, 6.07) is 0. The van der Waals surface area contributed by atoms with Crippen molar-refractivity contribution in [2.75, 3.05) is 0 Å². The van der Waals surface area contributed by atoms with Crippen molar-refractivity contribution >= 4 is 5.97 Å². The molecule has 0 aromatic heterocycles. The van der Waals surface area contributed by atoms with E-state index in [4.69, 9.17) is 4.89 Å². The van der Waals surface area contributed by atoms with E-state index in [0.717, 1.165) is 19.3 Å². The maximum absolute atomic E-state index is 11.2. The van der Waals surface area contributed by atoms with Gasteiger partial charge in [0.2, 0.25) is 0 Å². The highest BCUT2D eigenvalue weighted by Crippen LogP contribution is 2.22. The Bertz CT molecular complexity index is 223. The monoisotopic (exact) mass is 246 g/mol. The molecule has 0 radical (unpaired) electrons. The zero-order valence-corrected chi connectivity index (χ0v) is 12.0. The van der Waals surface area contributed by atoms with Crippen LogP contribution in [-0.2, 0) is 19.6 Å². The zero-order chi connectivity index (χ0) is 13.5. The van der Waals surface area contributed by atoms with E-state index in [1.807, 2.05) is 20.8 Å². The van der Waals surface area contributed by atoms with E-state index in [1.54, 1.807) is 0 Å². The second-order valence-electron chi connectivity index (χ2n) is 6.49. The van der Waals surface area contributed by atoms with Crippen molar-refractivity contribution in [3.63, 3.8) is 0 Å². The Labute approximate surface area is 104 Å². The van der Waals surface area contributed by atoms with Crippen LogP contribution in [0.2, 0.25) is 0 Å². The average molecular weight is 246 g/mol. The summed E-state index contributed by atoms with van der Waals surface area (Å²) in [7, 11) is 0. The van der Waals surface area contributed by atoms with Crippen molar-refractivity contribution in [2.45, 2.75) is 72.8 Å². The molecular weight excluding hydrogens is 220 g/mol. The van der Waals surface area contributed by atoms with Gasteiger partial charge in [0.25, 0.3) is 0 Å². The lowest BCUT2D eigenvalue weighted by Crippen LogP contribution is -2.20. The largest absolute Gasteiger partial charge is 0.345 e. The summed E-state index contributed by atoms with van der Waals surface area (Å²) >= 11 is 0. The summed E-state index contributed by atoms with van der Waals surface area (Å²) in [4.78, 5) is 20.5. The smallest absolute Gasteiger partial charge is 0.269 e. The summed E-state index contributed by atoms with van der Waals surface area (Å²) in [6.07, 6.45) is 3.29. The van der Waals surface area contributed by atoms with Crippen LogP contribution in [0.1, 0.15) is 67.2 Å². The Morgan fingerprint density at radius 3 is 2.06 bits per heavy atom. The van der Waals surface area contributed by atoms with Gasteiger partial charge < -0.3 is 0 Å². The van der Waals surface area contributed by atoms with Gasteiger partial charge in [-0.3, -0.25) is 4.89 Å². The first kappa shape index (κ1) is 16.4. The molecule has 0 bridgehead atoms. The van der Waals surface area contributed by atoms with Crippen LogP contribution in [0.3, 0.4) is 0 Å². The van der Waals surface area contributed by atoms with E-state index in [0.29, 0.717) is 11.8 Å². The van der Waals surface area contributed by atoms with Crippen molar-refractivity contribution < 1.29 is 19.6 Å². The van der Waals surface area contributed by atoms with Gasteiger partial charge in [-0.25, -0.2) is 4.79 Å². The van der Waals surface area contributed by atoms with Crippen LogP contribution in [0.5, 0.6) is 0 Å². The van der Waals surface area contributed by atoms with Gasteiger partial charge in [-0.2, -0.15) is 4.89 Å². The first-order valence-electron chi connectivity index (χ1n) is 6.15. The minimum atomic E-state index is -0.480. The molecule has 0 unspecified atom stereocenters. The number of carbonyl (C=O) groups is 1. The van der Waals surface area contributed by atoms with Crippen molar-refractivity contribution in [3.8, 4) is 0 Å². The third kappa shape index (κ3) is 13.3. The normalized spacial score (nSPS) is 12.6. The molecular formula is C13H26O4. The van der Waals surface area contributed by atoms with Gasteiger partial charge in [0, 0.05) is 6.42 Å². The molecule has 102 valence electrons. The Morgan fingerprint density at radius 2 is 1.59 bits per heavy atom. The fourth-order valence-corrected chi connectivity index (χ4v) is 1.12. The Morgan fingerprint density at radius 1 is 1.00 bits per heavy atom. The molecule has 0 spiro atoms. The van der Waals surface area contributed by atoms with Gasteiger partial charge >= 0.3 is 5.97 Å². The molecule has 4 heteroatoms. The Hall–Kier alpha value is -0.610. The fraction of sp³-hybridized carbons (Fsp3) is 0.923. The van der Waals surface area contributed by atoms with Crippen LogP contribution in [0.15, 0.2) is 0 Å². The van der Waals surface area contributed by atoms with Crippen LogP contribution >= 0.6 is 0 Å². The molecule has 0 amide bonds. The molecule has 0 aliphatic rings. The molecule has 0 heterocycles. The zero-order valence-electron chi connectivity index (χ0n) is 12.0. The average Bonchev–Trinajstić information content (AvgIpc) is 2.09. The lowest BCUT2D eigenvalue weighted by atomic mass is 9.89. The van der Waals surface area contributed by atoms with E-state index in [1.165, 1.54) is 0 Å². The van der Waals surface area contributed by atoms with Crippen LogP contribution < -0.4 is 0 Å². The SMILES string of the molecule is CC(C)(C)CCCCC(=O)OOOC(C)(C)C. The van der Waals surface area contributed by atoms with E-state index < -0.39 is 5.60 Å². The third-order valence-corrected chi connectivity index (χ3v) is 1.97. The number of unbranched alkanes of at least 4 members (excludes halogenated alkanes) is 1. The topological polar surface area (TPSA) is 44.8 Å². The van der Waals surface area contributed by atoms with Crippen molar-refractivity contribution in [1.82, 2.24) is 0 Å². The lowest BCUT2D eigenvalue weighted by molar-refractivity contribution is -0.514. The molecule has 0 saturated carbocycles. The second-order valence-corrected chi connectivity index (χ2v) is 6.49. The number of hydrogen-bond acceptors (Lipinski definition) is 4. The van der Waals surface area contributed by atoms with E-state index >= 15 is 0 Å². The first-order valence-corrected chi connectivity index (χ1v) is 6.15. The van der Waals surface area contributed by atoms with Gasteiger partial charge in [-0.05, 0) is 44.1 Å². The van der Waals surface area contributed by atoms with Crippen LogP contribution in [0.25, 0.3) is 0 Å². The molecule has 0 aliphatic carbocycles. The molecule has 0 N–H and O–H groups in total. The first-order chi connectivity index (χ1) is 7.60. The highest BCUT2D eigenvalue weighted by molar-refractivity contribution is 5.68. The van der Waals surface area contributed by atoms with Crippen LogP contribution in [0.4, 0.5) is 0 Å². The van der Waals surface area contributed by atoms with Crippen LogP contribution in [-0.4, -0.2) is 11.6 Å². The van der Waals surface area contributed by atoms with Crippen molar-refractivity contribution in [3.05, 3.63) is 0 Å². The maximum Gasteiger partial charge on any atom is 0.345 e. The van der Waals surface area contributed by atoms with Gasteiger partial charge in [-0.15, -0.1) is 0 Å². The molecule has 4 nitrogen and oxygen atoms in total. The van der Waals surface area contributed by atoms with Gasteiger partial charge in [0.15, 0.2) is 0 Å². The van der Waals surface area contributed by atoms with Crippen molar-refractivity contribution in [1.29, 1.82) is 0 Å². The molecule has 0 saturated heterocycles. The summed E-state index contributed by atoms with van der Waals surface area (Å²) in [6.45, 7) is 12.0. The van der Waals surface area contributed by atoms with Crippen molar-refractivity contribution in [2.24, 2.45) is 5.41 Å². The summed E-state index contributed by atoms with van der Waals surface area (Å²) < 4.78 is 0. The quantitative estimate of drug-likeness (QED) is 0.406. The third-order valence-electron chi connectivity index (χ3n) is 1.97. The van der Waals surface area contributed by atoms with Crippen LogP contribution in [0, 0.1) is 5.41 Å². The predicted octanol–water partition coefficient (Wildman–Crippen LogP) is 3.80. The molecule has 0 fully saturated rings. The van der Waals surface area contributed by atoms with E-state index in [-0.39, 0.29) is 5.97 Å². The number of rotatable bonds is 6. The summed E-state index contributed by atoms with van der Waals surface area (Å²) in [5.41, 5.74) is -0.164. The molecule has 0 aromatic carbocycles. The van der Waals surface area contributed by atoms with Gasteiger partial charge in [0.1, 0.15) is 0 Å². The highest BCUT2D eigenvalue weighted by Gasteiger charge is 2.14. The molecule has 0 rings (SSSR count). The fourth-order valence-electron chi connectivity index (χ4n) is 1.12. The lowest BCUT2D eigenvalue weighted by Gasteiger charge is -2.17. The summed E-state index contributed by atoms with van der Waals surface area (Å²) in [5, 5.41) is 4.41. The van der Waals surface area contributed by atoms with E-state index in [9.17, 15) is 4.79 Å². The highest BCUT2D eigenvalue weighted by atomic mass is 17.5. The molecule has 0 aliphatic heterocycles. The molecule has 0 atom stereocenters. The maximum atomic E-state index is 11.2. The number of carbonyl (C=O) groups excluding carboxylic acids is 1. The Balaban J connectivity index is 3.48. The van der Waals surface area contributed by atoms with Gasteiger partial charge in [-0.1, -0.05) is 27.2 Å². The minimum Gasteiger partial charge on any atom is -0.269 e. The Kier molecular flexibility index (Phi) is 6.72. The predicted molar refractivity (Wildman–Crippen MR) is 65.9 cm³/mol. The molecule has 0 aromatic rings. The van der Waals surface area contributed by atoms with Gasteiger partial charge in [0.05, 0.1) is 5.60 Å². The second kappa shape index (κ2) is 6.97. The number of hydrogen-bond donors (Lipinski definition) is 0. The minimum absolute atomic E-state index is 0.315. The standard InChI is InChI=1S/C13H26O4/c1-12(2,3)10-8-7-9-11(14)15-17-16-13(4,5)6/h7-10H2,1-6H3. The summed E-state index contributed by atoms with van der Waals surface area (Å²) in [5.74, 6) is -0.386. The van der Waals surface area contributed by atoms with E-state index in [2.05, 4.69) is 30.7 Å². The molecule has 17 heavy (non-hydrogen) atoms.